The molecule has 2 N–H and O–H groups in total. The van der Waals surface area contributed by atoms with E-state index in [1.54, 1.807) is 0 Å². The van der Waals surface area contributed by atoms with Gasteiger partial charge in [-0.3, -0.25) is 0 Å². The van der Waals surface area contributed by atoms with Crippen molar-refractivity contribution in [3.8, 4) is 0 Å². The van der Waals surface area contributed by atoms with Crippen molar-refractivity contribution >= 4 is 0 Å². The van der Waals surface area contributed by atoms with E-state index in [2.05, 4.69) is 21.7 Å². The summed E-state index contributed by atoms with van der Waals surface area (Å²) in [7, 11) is 0. The fraction of sp³-hybridized carbons (Fsp3) is 0.818. The highest BCUT2D eigenvalue weighted by molar-refractivity contribution is 4.99. The highest BCUT2D eigenvalue weighted by Gasteiger charge is 2.22. The molecule has 2 rings (SSSR count). The van der Waals surface area contributed by atoms with E-state index in [9.17, 15) is 0 Å². The van der Waals surface area contributed by atoms with Gasteiger partial charge in [-0.05, 0) is 19.3 Å². The van der Waals surface area contributed by atoms with E-state index in [-0.39, 0.29) is 0 Å². The first-order valence-corrected chi connectivity index (χ1v) is 5.96. The number of nitrogens with two attached hydrogens (primary N) is 1. The molecule has 1 fully saturated rings. The summed E-state index contributed by atoms with van der Waals surface area (Å²) in [6.07, 6.45) is 8.13. The van der Waals surface area contributed by atoms with Gasteiger partial charge in [0.1, 0.15) is 12.2 Å². The van der Waals surface area contributed by atoms with Gasteiger partial charge in [0.2, 0.25) is 0 Å². The summed E-state index contributed by atoms with van der Waals surface area (Å²) in [5, 5.41) is 8.28. The van der Waals surface area contributed by atoms with Crippen LogP contribution >= 0.6 is 0 Å². The Bertz CT molecular complexity index is 281. The lowest BCUT2D eigenvalue weighted by Gasteiger charge is -2.18. The molecule has 0 spiro atoms. The molecule has 1 aliphatic carbocycles. The van der Waals surface area contributed by atoms with E-state index in [1.165, 1.54) is 25.7 Å². The summed E-state index contributed by atoms with van der Waals surface area (Å²) >= 11 is 0. The molecule has 1 heterocycles. The van der Waals surface area contributed by atoms with Crippen LogP contribution in [-0.4, -0.2) is 21.3 Å². The summed E-state index contributed by atoms with van der Waals surface area (Å²) < 4.78 is 2.26. The largest absolute Gasteiger partial charge is 0.330 e. The lowest BCUT2D eigenvalue weighted by molar-refractivity contribution is 0.470. The molecule has 84 valence electrons. The van der Waals surface area contributed by atoms with Gasteiger partial charge >= 0.3 is 0 Å². The van der Waals surface area contributed by atoms with Crippen molar-refractivity contribution in [1.29, 1.82) is 0 Å². The van der Waals surface area contributed by atoms with Crippen LogP contribution in [0.3, 0.4) is 0 Å². The van der Waals surface area contributed by atoms with Crippen molar-refractivity contribution in [2.75, 3.05) is 6.54 Å². The second-order valence-electron chi connectivity index (χ2n) is 4.38. The molecule has 0 radical (unpaired) electrons. The monoisotopic (exact) mass is 208 g/mol. The third kappa shape index (κ3) is 2.04. The molecule has 1 unspecified atom stereocenters. The van der Waals surface area contributed by atoms with Gasteiger partial charge in [-0.1, -0.05) is 19.8 Å². The zero-order valence-corrected chi connectivity index (χ0v) is 9.39. The van der Waals surface area contributed by atoms with Crippen molar-refractivity contribution in [3.63, 3.8) is 0 Å². The molecule has 0 aromatic carbocycles. The fourth-order valence-corrected chi connectivity index (χ4v) is 2.46. The number of hydrogen-bond donors (Lipinski definition) is 1. The molecule has 1 aromatic rings. The quantitative estimate of drug-likeness (QED) is 0.821. The normalized spacial score (nSPS) is 19.6. The van der Waals surface area contributed by atoms with Crippen molar-refractivity contribution in [2.24, 2.45) is 5.73 Å². The van der Waals surface area contributed by atoms with E-state index in [4.69, 9.17) is 5.73 Å². The van der Waals surface area contributed by atoms with Gasteiger partial charge in [-0.2, -0.15) is 0 Å². The summed E-state index contributed by atoms with van der Waals surface area (Å²) in [6, 6.07) is 0.621. The van der Waals surface area contributed by atoms with Crippen molar-refractivity contribution in [1.82, 2.24) is 14.8 Å². The molecule has 1 saturated carbocycles. The van der Waals surface area contributed by atoms with E-state index >= 15 is 0 Å². The third-order valence-electron chi connectivity index (χ3n) is 3.46. The van der Waals surface area contributed by atoms with E-state index in [0.29, 0.717) is 18.5 Å². The first kappa shape index (κ1) is 10.6. The molecule has 0 aliphatic heterocycles. The fourth-order valence-electron chi connectivity index (χ4n) is 2.46. The molecule has 4 heteroatoms. The first-order chi connectivity index (χ1) is 7.36. The Balaban J connectivity index is 2.20. The van der Waals surface area contributed by atoms with Crippen LogP contribution < -0.4 is 5.73 Å². The maximum Gasteiger partial charge on any atom is 0.137 e. The molecular weight excluding hydrogens is 188 g/mol. The second kappa shape index (κ2) is 4.75. The van der Waals surface area contributed by atoms with Crippen LogP contribution in [0.25, 0.3) is 0 Å². The third-order valence-corrected chi connectivity index (χ3v) is 3.46. The Labute approximate surface area is 90.9 Å². The molecule has 15 heavy (non-hydrogen) atoms. The molecule has 0 bridgehead atoms. The van der Waals surface area contributed by atoms with Crippen LogP contribution in [-0.2, 0) is 0 Å². The van der Waals surface area contributed by atoms with Crippen molar-refractivity contribution in [2.45, 2.75) is 51.0 Å². The number of hydrogen-bond acceptors (Lipinski definition) is 3. The van der Waals surface area contributed by atoms with Gasteiger partial charge in [0.15, 0.2) is 0 Å². The van der Waals surface area contributed by atoms with Crippen LogP contribution in [0.1, 0.15) is 56.8 Å². The lowest BCUT2D eigenvalue weighted by Crippen LogP contribution is -2.18. The minimum atomic E-state index is 0.369. The lowest BCUT2D eigenvalue weighted by atomic mass is 10.1. The maximum absolute atomic E-state index is 5.76. The Morgan fingerprint density at radius 3 is 2.87 bits per heavy atom. The molecule has 1 atom stereocenters. The number of aromatic nitrogens is 3. The van der Waals surface area contributed by atoms with E-state index in [1.807, 2.05) is 6.33 Å². The van der Waals surface area contributed by atoms with Crippen LogP contribution in [0.4, 0.5) is 0 Å². The van der Waals surface area contributed by atoms with Crippen molar-refractivity contribution in [3.05, 3.63) is 12.2 Å². The van der Waals surface area contributed by atoms with Crippen LogP contribution in [0, 0.1) is 0 Å². The van der Waals surface area contributed by atoms with Crippen LogP contribution in [0.5, 0.6) is 0 Å². The molecule has 0 amide bonds. The smallest absolute Gasteiger partial charge is 0.137 e. The Morgan fingerprint density at radius 2 is 2.27 bits per heavy atom. The van der Waals surface area contributed by atoms with Crippen LogP contribution in [0.15, 0.2) is 6.33 Å². The standard InChI is InChI=1S/C11H20N4/c1-2-9(7-12)11-14-13-8-15(11)10-5-3-4-6-10/h8-10H,2-7,12H2,1H3. The zero-order chi connectivity index (χ0) is 10.7. The average Bonchev–Trinajstić information content (AvgIpc) is 2.88. The van der Waals surface area contributed by atoms with E-state index in [0.717, 1.165) is 12.2 Å². The topological polar surface area (TPSA) is 56.7 Å². The Kier molecular flexibility index (Phi) is 3.36. The Morgan fingerprint density at radius 1 is 1.53 bits per heavy atom. The van der Waals surface area contributed by atoms with Gasteiger partial charge < -0.3 is 10.3 Å². The minimum absolute atomic E-state index is 0.369. The molecular formula is C11H20N4. The molecule has 1 aromatic heterocycles. The van der Waals surface area contributed by atoms with Gasteiger partial charge in [0.05, 0.1) is 0 Å². The predicted octanol–water partition coefficient (Wildman–Crippen LogP) is 1.85. The van der Waals surface area contributed by atoms with Gasteiger partial charge in [-0.25, -0.2) is 0 Å². The highest BCUT2D eigenvalue weighted by Crippen LogP contribution is 2.31. The van der Waals surface area contributed by atoms with E-state index < -0.39 is 0 Å². The minimum Gasteiger partial charge on any atom is -0.330 e. The summed E-state index contributed by atoms with van der Waals surface area (Å²) in [5.41, 5.74) is 5.76. The molecule has 1 aliphatic rings. The molecule has 4 nitrogen and oxygen atoms in total. The predicted molar refractivity (Wildman–Crippen MR) is 59.6 cm³/mol. The SMILES string of the molecule is CCC(CN)c1nncn1C1CCCC1. The van der Waals surface area contributed by atoms with Gasteiger partial charge in [0.25, 0.3) is 0 Å². The maximum atomic E-state index is 5.76. The average molecular weight is 208 g/mol. The summed E-state index contributed by atoms with van der Waals surface area (Å²) in [5.74, 6) is 1.46. The molecule has 0 saturated heterocycles. The summed E-state index contributed by atoms with van der Waals surface area (Å²) in [6.45, 7) is 2.83. The van der Waals surface area contributed by atoms with Crippen LogP contribution in [0.2, 0.25) is 0 Å². The number of rotatable bonds is 4. The Hall–Kier alpha value is -0.900. The second-order valence-corrected chi connectivity index (χ2v) is 4.38. The van der Waals surface area contributed by atoms with Crippen molar-refractivity contribution < 1.29 is 0 Å². The van der Waals surface area contributed by atoms with Gasteiger partial charge in [0, 0.05) is 18.5 Å². The highest BCUT2D eigenvalue weighted by atomic mass is 15.3. The van der Waals surface area contributed by atoms with Gasteiger partial charge in [-0.15, -0.1) is 10.2 Å². The number of nitrogens with zero attached hydrogens (tertiary/aromatic N) is 3. The zero-order valence-electron chi connectivity index (χ0n) is 9.39. The first-order valence-electron chi connectivity index (χ1n) is 5.96. The summed E-state index contributed by atoms with van der Waals surface area (Å²) in [4.78, 5) is 0.